The Labute approximate surface area is 189 Å². The van der Waals surface area contributed by atoms with Crippen molar-refractivity contribution < 1.29 is 13.9 Å². The topological polar surface area (TPSA) is 72.3 Å². The van der Waals surface area contributed by atoms with Gasteiger partial charge in [0.05, 0.1) is 11.8 Å². The molecule has 6 nitrogen and oxygen atoms in total. The number of nitrogens with one attached hydrogen (secondary N) is 1. The fourth-order valence-corrected chi connectivity index (χ4v) is 3.20. The first-order valence-electron chi connectivity index (χ1n) is 9.91. The summed E-state index contributed by atoms with van der Waals surface area (Å²) in [5, 5.41) is 11.5. The number of ether oxygens (including phenoxy) is 1. The second kappa shape index (κ2) is 9.93. The molecule has 8 heteroatoms. The van der Waals surface area contributed by atoms with Crippen LogP contribution in [0.3, 0.4) is 0 Å². The lowest BCUT2D eigenvalue weighted by molar-refractivity contribution is 0.0734. The number of halogens is 1. The van der Waals surface area contributed by atoms with Gasteiger partial charge >= 0.3 is 5.97 Å². The molecule has 0 unspecified atom stereocenters. The predicted molar refractivity (Wildman–Crippen MR) is 122 cm³/mol. The third kappa shape index (κ3) is 5.41. The van der Waals surface area contributed by atoms with Gasteiger partial charge in [0.15, 0.2) is 5.82 Å². The molecule has 0 aliphatic carbocycles. The number of aryl methyl sites for hydroxylation is 2. The molecule has 0 aliphatic rings. The van der Waals surface area contributed by atoms with E-state index >= 15 is 0 Å². The largest absolute Gasteiger partial charge is 0.423 e. The van der Waals surface area contributed by atoms with Crippen LogP contribution < -0.4 is 4.74 Å². The Morgan fingerprint density at radius 2 is 1.75 bits per heavy atom. The van der Waals surface area contributed by atoms with E-state index < -0.39 is 11.8 Å². The summed E-state index contributed by atoms with van der Waals surface area (Å²) < 4.78 is 20.3. The number of hydrogen-bond donors (Lipinski definition) is 1. The van der Waals surface area contributed by atoms with Gasteiger partial charge in [-0.15, -0.1) is 0 Å². The Morgan fingerprint density at radius 3 is 2.47 bits per heavy atom. The molecular weight excluding hydrogens is 427 g/mol. The van der Waals surface area contributed by atoms with Gasteiger partial charge in [-0.3, -0.25) is 5.10 Å². The summed E-state index contributed by atoms with van der Waals surface area (Å²) in [5.74, 6) is 0.144. The Balaban J connectivity index is 1.41. The van der Waals surface area contributed by atoms with E-state index in [1.807, 2.05) is 18.2 Å². The van der Waals surface area contributed by atoms with Crippen molar-refractivity contribution in [2.75, 3.05) is 0 Å². The smallest absolute Gasteiger partial charge is 0.343 e. The normalized spacial score (nSPS) is 11.0. The number of esters is 1. The van der Waals surface area contributed by atoms with Crippen LogP contribution in [0.1, 0.15) is 27.3 Å². The molecule has 4 rings (SSSR count). The maximum absolute atomic E-state index is 13.0. The lowest BCUT2D eigenvalue weighted by Gasteiger charge is -2.05. The fraction of sp³-hybridized carbons (Fsp3) is 0.0833. The maximum atomic E-state index is 13.0. The molecule has 0 fully saturated rings. The van der Waals surface area contributed by atoms with Crippen molar-refractivity contribution in [3.63, 3.8) is 0 Å². The van der Waals surface area contributed by atoms with Gasteiger partial charge < -0.3 is 4.74 Å². The van der Waals surface area contributed by atoms with E-state index in [0.29, 0.717) is 16.9 Å². The van der Waals surface area contributed by atoms with E-state index in [9.17, 15) is 9.18 Å². The van der Waals surface area contributed by atoms with Crippen LogP contribution in [0, 0.1) is 10.6 Å². The first-order valence-corrected chi connectivity index (χ1v) is 10.3. The lowest BCUT2D eigenvalue weighted by Crippen LogP contribution is -2.08. The van der Waals surface area contributed by atoms with Gasteiger partial charge in [-0.1, -0.05) is 30.3 Å². The van der Waals surface area contributed by atoms with E-state index in [-0.39, 0.29) is 5.56 Å². The number of aromatic amines is 1. The third-order valence-electron chi connectivity index (χ3n) is 4.69. The molecule has 32 heavy (non-hydrogen) atoms. The van der Waals surface area contributed by atoms with Crippen LogP contribution in [-0.4, -0.2) is 27.1 Å². The van der Waals surface area contributed by atoms with Gasteiger partial charge in [0.1, 0.15) is 11.6 Å². The van der Waals surface area contributed by atoms with Crippen LogP contribution in [0.2, 0.25) is 0 Å². The monoisotopic (exact) mass is 446 g/mol. The molecule has 0 saturated heterocycles. The number of nitrogens with zero attached hydrogens (tertiary/aromatic N) is 3. The molecule has 4 aromatic rings. The van der Waals surface area contributed by atoms with Crippen LogP contribution >= 0.6 is 12.2 Å². The second-order valence-electron chi connectivity index (χ2n) is 6.95. The summed E-state index contributed by atoms with van der Waals surface area (Å²) in [5.41, 5.74) is 2.28. The number of rotatable bonds is 7. The summed E-state index contributed by atoms with van der Waals surface area (Å²) in [7, 11) is 0. The highest BCUT2D eigenvalue weighted by Crippen LogP contribution is 2.14. The number of benzene rings is 3. The minimum Gasteiger partial charge on any atom is -0.423 e. The van der Waals surface area contributed by atoms with Crippen LogP contribution in [0.25, 0.3) is 0 Å². The first kappa shape index (κ1) is 21.3. The van der Waals surface area contributed by atoms with Crippen LogP contribution in [0.15, 0.2) is 84.0 Å². The predicted octanol–water partition coefficient (Wildman–Crippen LogP) is 4.97. The quantitative estimate of drug-likeness (QED) is 0.188. The summed E-state index contributed by atoms with van der Waals surface area (Å²) in [6.45, 7) is 0. The van der Waals surface area contributed by atoms with E-state index in [1.54, 1.807) is 35.2 Å². The number of carbonyl (C=O) groups excluding carboxylic acids is 1. The zero-order valence-corrected chi connectivity index (χ0v) is 17.8. The summed E-state index contributed by atoms with van der Waals surface area (Å²) in [6.07, 6.45) is 3.17. The number of H-pyrrole nitrogens is 1. The van der Waals surface area contributed by atoms with Crippen molar-refractivity contribution in [1.82, 2.24) is 14.9 Å². The molecule has 0 atom stereocenters. The Kier molecular flexibility index (Phi) is 6.62. The van der Waals surface area contributed by atoms with Crippen molar-refractivity contribution in [2.24, 2.45) is 5.10 Å². The summed E-state index contributed by atoms with van der Waals surface area (Å²) in [6, 6.07) is 22.2. The molecule has 0 radical (unpaired) electrons. The van der Waals surface area contributed by atoms with Gasteiger partial charge in [-0.25, -0.2) is 9.18 Å². The molecule has 0 amide bonds. The van der Waals surface area contributed by atoms with Gasteiger partial charge in [-0.2, -0.15) is 14.9 Å². The Bertz CT molecular complexity index is 1280. The van der Waals surface area contributed by atoms with Gasteiger partial charge in [-0.05, 0) is 78.3 Å². The maximum Gasteiger partial charge on any atom is 0.343 e. The van der Waals surface area contributed by atoms with Crippen molar-refractivity contribution in [3.8, 4) is 5.75 Å². The molecule has 0 spiro atoms. The van der Waals surface area contributed by atoms with E-state index in [2.05, 4.69) is 27.4 Å². The standard InChI is InChI=1S/C24H19FN4O2S/c25-20-11-9-19(10-12-20)23(30)31-21-13-6-18(7-14-21)16-26-29-22(27-28-24(29)32)15-8-17-4-2-1-3-5-17/h1-7,9-14,16H,8,15H2,(H,28,32)/b26-16-. The highest BCUT2D eigenvalue weighted by Gasteiger charge is 2.09. The van der Waals surface area contributed by atoms with Crippen molar-refractivity contribution in [3.05, 3.63) is 112 Å². The average Bonchev–Trinajstić information content (AvgIpc) is 3.17. The first-order chi connectivity index (χ1) is 15.6. The van der Waals surface area contributed by atoms with E-state index in [1.165, 1.54) is 29.8 Å². The lowest BCUT2D eigenvalue weighted by atomic mass is 10.1. The van der Waals surface area contributed by atoms with Crippen LogP contribution in [0.5, 0.6) is 5.75 Å². The van der Waals surface area contributed by atoms with E-state index in [4.69, 9.17) is 17.0 Å². The molecule has 1 N–H and O–H groups in total. The number of carbonyl (C=O) groups is 1. The van der Waals surface area contributed by atoms with Crippen LogP contribution in [-0.2, 0) is 12.8 Å². The van der Waals surface area contributed by atoms with Gasteiger partial charge in [0.2, 0.25) is 4.77 Å². The second-order valence-corrected chi connectivity index (χ2v) is 7.34. The zero-order valence-electron chi connectivity index (χ0n) is 16.9. The van der Waals surface area contributed by atoms with Gasteiger partial charge in [0, 0.05) is 6.42 Å². The molecule has 1 heterocycles. The summed E-state index contributed by atoms with van der Waals surface area (Å²) in [4.78, 5) is 12.1. The molecule has 1 aromatic heterocycles. The zero-order chi connectivity index (χ0) is 22.3. The van der Waals surface area contributed by atoms with E-state index in [0.717, 1.165) is 17.8 Å². The highest BCUT2D eigenvalue weighted by molar-refractivity contribution is 7.71. The molecule has 0 saturated carbocycles. The van der Waals surface area contributed by atoms with Crippen molar-refractivity contribution in [2.45, 2.75) is 12.8 Å². The van der Waals surface area contributed by atoms with Crippen LogP contribution in [0.4, 0.5) is 4.39 Å². The van der Waals surface area contributed by atoms with Crippen molar-refractivity contribution in [1.29, 1.82) is 0 Å². The summed E-state index contributed by atoms with van der Waals surface area (Å²) >= 11 is 5.29. The van der Waals surface area contributed by atoms with Crippen molar-refractivity contribution >= 4 is 24.4 Å². The number of hydrogen-bond acceptors (Lipinski definition) is 5. The fourth-order valence-electron chi connectivity index (χ4n) is 3.00. The Morgan fingerprint density at radius 1 is 1.03 bits per heavy atom. The van der Waals surface area contributed by atoms with Gasteiger partial charge in [0.25, 0.3) is 0 Å². The SMILES string of the molecule is O=C(Oc1ccc(/C=N\n2c(CCc3ccccc3)n[nH]c2=S)cc1)c1ccc(F)cc1. The number of aromatic nitrogens is 3. The Hall–Kier alpha value is -3.91. The molecular formula is C24H19FN4O2S. The molecule has 160 valence electrons. The minimum atomic E-state index is -0.556. The third-order valence-corrected chi connectivity index (χ3v) is 4.95. The average molecular weight is 447 g/mol. The highest BCUT2D eigenvalue weighted by atomic mass is 32.1. The molecule has 0 aliphatic heterocycles. The molecule has 0 bridgehead atoms. The minimum absolute atomic E-state index is 0.273. The molecule has 3 aromatic carbocycles.